The molecule has 1 aliphatic heterocycles. The molecule has 1 atom stereocenters. The van der Waals surface area contributed by atoms with Gasteiger partial charge in [-0.2, -0.15) is 0 Å². The van der Waals surface area contributed by atoms with E-state index in [9.17, 15) is 4.79 Å². The molecular weight excluding hydrogens is 297 g/mol. The van der Waals surface area contributed by atoms with E-state index in [1.54, 1.807) is 0 Å². The number of benzene rings is 1. The quantitative estimate of drug-likeness (QED) is 0.886. The van der Waals surface area contributed by atoms with Crippen molar-refractivity contribution in [1.82, 2.24) is 14.9 Å². The number of piperidine rings is 1. The van der Waals surface area contributed by atoms with Gasteiger partial charge >= 0.3 is 0 Å². The molecule has 3 rings (SSSR count). The van der Waals surface area contributed by atoms with Crippen LogP contribution in [0.25, 0.3) is 11.0 Å². The number of hydrogen-bond donors (Lipinski definition) is 1. The zero-order chi connectivity index (χ0) is 14.1. The summed E-state index contributed by atoms with van der Waals surface area (Å²) in [6, 6.07) is 5.34. The lowest BCUT2D eigenvalue weighted by atomic mass is 10.1. The van der Waals surface area contributed by atoms with Gasteiger partial charge in [0, 0.05) is 23.9 Å². The first-order chi connectivity index (χ1) is 9.70. The molecule has 0 spiro atoms. The maximum Gasteiger partial charge on any atom is 0.243 e. The van der Waals surface area contributed by atoms with Crippen LogP contribution in [0.2, 0.25) is 5.02 Å². The molecule has 106 valence electrons. The minimum Gasteiger partial charge on any atom is -0.354 e. The third kappa shape index (κ3) is 2.38. The highest BCUT2D eigenvalue weighted by Gasteiger charge is 2.27. The summed E-state index contributed by atoms with van der Waals surface area (Å²) in [7, 11) is 0. The van der Waals surface area contributed by atoms with E-state index in [4.69, 9.17) is 23.2 Å². The standard InChI is InChI=1S/C14H15Cl2N3O/c15-6-5-13-18-10-4-3-9(16)8-12(10)19(13)11-2-1-7-17-14(11)20/h3-4,8,11H,1-2,5-7H2,(H,17,20). The number of nitrogens with one attached hydrogen (secondary N) is 1. The van der Waals surface area contributed by atoms with Gasteiger partial charge in [0.05, 0.1) is 11.0 Å². The molecular formula is C14H15Cl2N3O. The van der Waals surface area contributed by atoms with Crippen molar-refractivity contribution in [2.75, 3.05) is 12.4 Å². The average Bonchev–Trinajstić information content (AvgIpc) is 2.77. The zero-order valence-corrected chi connectivity index (χ0v) is 12.4. The smallest absolute Gasteiger partial charge is 0.243 e. The number of aryl methyl sites for hydroxylation is 1. The van der Waals surface area contributed by atoms with Crippen LogP contribution in [0.15, 0.2) is 18.2 Å². The fourth-order valence-corrected chi connectivity index (χ4v) is 3.06. The monoisotopic (exact) mass is 311 g/mol. The van der Waals surface area contributed by atoms with Gasteiger partial charge in [0.1, 0.15) is 11.9 Å². The molecule has 6 heteroatoms. The van der Waals surface area contributed by atoms with Crippen LogP contribution in [-0.2, 0) is 11.2 Å². The largest absolute Gasteiger partial charge is 0.354 e. The van der Waals surface area contributed by atoms with Crippen molar-refractivity contribution in [2.45, 2.75) is 25.3 Å². The summed E-state index contributed by atoms with van der Waals surface area (Å²) in [5.74, 6) is 1.37. The van der Waals surface area contributed by atoms with E-state index in [0.29, 0.717) is 17.3 Å². The van der Waals surface area contributed by atoms with Crippen LogP contribution in [0, 0.1) is 0 Å². The molecule has 1 fully saturated rings. The minimum absolute atomic E-state index is 0.0475. The van der Waals surface area contributed by atoms with Crippen molar-refractivity contribution in [3.63, 3.8) is 0 Å². The highest BCUT2D eigenvalue weighted by Crippen LogP contribution is 2.28. The normalized spacial score (nSPS) is 19.3. The Morgan fingerprint density at radius 3 is 3.05 bits per heavy atom. The summed E-state index contributed by atoms with van der Waals surface area (Å²) in [5.41, 5.74) is 1.76. The van der Waals surface area contributed by atoms with E-state index < -0.39 is 0 Å². The second kappa shape index (κ2) is 5.62. The van der Waals surface area contributed by atoms with Crippen LogP contribution in [0.1, 0.15) is 24.7 Å². The molecule has 2 heterocycles. The van der Waals surface area contributed by atoms with Crippen molar-refractivity contribution >= 4 is 40.1 Å². The van der Waals surface area contributed by atoms with Crippen molar-refractivity contribution in [2.24, 2.45) is 0 Å². The number of carbonyl (C=O) groups excluding carboxylic acids is 1. The fourth-order valence-electron chi connectivity index (χ4n) is 2.73. The molecule has 4 nitrogen and oxygen atoms in total. The lowest BCUT2D eigenvalue weighted by Gasteiger charge is -2.25. The van der Waals surface area contributed by atoms with Crippen molar-refractivity contribution in [3.05, 3.63) is 29.0 Å². The molecule has 0 aliphatic carbocycles. The first-order valence-electron chi connectivity index (χ1n) is 6.71. The predicted octanol–water partition coefficient (Wildman–Crippen LogP) is 2.92. The molecule has 20 heavy (non-hydrogen) atoms. The van der Waals surface area contributed by atoms with Crippen LogP contribution in [-0.4, -0.2) is 27.9 Å². The molecule has 1 unspecified atom stereocenters. The summed E-state index contributed by atoms with van der Waals surface area (Å²) in [4.78, 5) is 16.7. The number of amides is 1. The Morgan fingerprint density at radius 2 is 2.30 bits per heavy atom. The number of aromatic nitrogens is 2. The van der Waals surface area contributed by atoms with Gasteiger partial charge in [-0.05, 0) is 31.0 Å². The third-order valence-electron chi connectivity index (χ3n) is 3.61. The maximum atomic E-state index is 12.2. The fraction of sp³-hybridized carbons (Fsp3) is 0.429. The summed E-state index contributed by atoms with van der Waals surface area (Å²) in [5, 5.41) is 3.56. The predicted molar refractivity (Wildman–Crippen MR) is 80.4 cm³/mol. The number of hydrogen-bond acceptors (Lipinski definition) is 2. The highest BCUT2D eigenvalue weighted by atomic mass is 35.5. The minimum atomic E-state index is -0.217. The molecule has 2 aromatic rings. The molecule has 1 N–H and O–H groups in total. The number of imidazole rings is 1. The number of carbonyl (C=O) groups is 1. The van der Waals surface area contributed by atoms with Gasteiger partial charge in [0.2, 0.25) is 5.91 Å². The number of halogens is 2. The van der Waals surface area contributed by atoms with E-state index in [-0.39, 0.29) is 11.9 Å². The molecule has 0 saturated carbocycles. The molecule has 1 aromatic heterocycles. The lowest BCUT2D eigenvalue weighted by molar-refractivity contribution is -0.125. The van der Waals surface area contributed by atoms with Gasteiger partial charge < -0.3 is 9.88 Å². The van der Waals surface area contributed by atoms with Gasteiger partial charge in [0.25, 0.3) is 0 Å². The van der Waals surface area contributed by atoms with Crippen molar-refractivity contribution in [1.29, 1.82) is 0 Å². The summed E-state index contributed by atoms with van der Waals surface area (Å²) in [6.45, 7) is 0.744. The van der Waals surface area contributed by atoms with E-state index in [1.807, 2.05) is 22.8 Å². The molecule has 1 amide bonds. The second-order valence-corrected chi connectivity index (χ2v) is 5.73. The van der Waals surface area contributed by atoms with Crippen molar-refractivity contribution < 1.29 is 4.79 Å². The number of rotatable bonds is 3. The summed E-state index contributed by atoms with van der Waals surface area (Å²) < 4.78 is 2.00. The Labute approximate surface area is 127 Å². The third-order valence-corrected chi connectivity index (χ3v) is 4.03. The van der Waals surface area contributed by atoms with E-state index in [1.165, 1.54) is 0 Å². The van der Waals surface area contributed by atoms with Gasteiger partial charge in [-0.1, -0.05) is 11.6 Å². The maximum absolute atomic E-state index is 12.2. The molecule has 1 saturated heterocycles. The van der Waals surface area contributed by atoms with Crippen LogP contribution >= 0.6 is 23.2 Å². The molecule has 0 bridgehead atoms. The van der Waals surface area contributed by atoms with E-state index >= 15 is 0 Å². The van der Waals surface area contributed by atoms with Gasteiger partial charge in [-0.15, -0.1) is 11.6 Å². The number of alkyl halides is 1. The zero-order valence-electron chi connectivity index (χ0n) is 10.9. The van der Waals surface area contributed by atoms with Crippen LogP contribution in [0.3, 0.4) is 0 Å². The summed E-state index contributed by atoms with van der Waals surface area (Å²) in [6.07, 6.45) is 2.42. The molecule has 1 aromatic carbocycles. The Kier molecular flexibility index (Phi) is 3.85. The van der Waals surface area contributed by atoms with Gasteiger partial charge in [-0.3, -0.25) is 4.79 Å². The van der Waals surface area contributed by atoms with E-state index in [0.717, 1.165) is 36.2 Å². The Hall–Kier alpha value is -1.26. The topological polar surface area (TPSA) is 46.9 Å². The average molecular weight is 312 g/mol. The number of fused-ring (bicyclic) bond motifs is 1. The second-order valence-electron chi connectivity index (χ2n) is 4.92. The van der Waals surface area contributed by atoms with Gasteiger partial charge in [-0.25, -0.2) is 4.98 Å². The Balaban J connectivity index is 2.16. The molecule has 1 aliphatic rings. The Morgan fingerprint density at radius 1 is 1.45 bits per heavy atom. The van der Waals surface area contributed by atoms with Gasteiger partial charge in [0.15, 0.2) is 0 Å². The Bertz CT molecular complexity index is 653. The highest BCUT2D eigenvalue weighted by molar-refractivity contribution is 6.31. The van der Waals surface area contributed by atoms with E-state index in [2.05, 4.69) is 10.3 Å². The SMILES string of the molecule is O=C1NCCCC1n1c(CCCl)nc2ccc(Cl)cc21. The first-order valence-corrected chi connectivity index (χ1v) is 7.62. The molecule has 0 radical (unpaired) electrons. The summed E-state index contributed by atoms with van der Waals surface area (Å²) >= 11 is 11.9. The van der Waals surface area contributed by atoms with Crippen LogP contribution in [0.4, 0.5) is 0 Å². The van der Waals surface area contributed by atoms with Crippen LogP contribution < -0.4 is 5.32 Å². The lowest BCUT2D eigenvalue weighted by Crippen LogP contribution is -2.38. The van der Waals surface area contributed by atoms with Crippen LogP contribution in [0.5, 0.6) is 0 Å². The van der Waals surface area contributed by atoms with Crippen molar-refractivity contribution in [3.8, 4) is 0 Å². The first kappa shape index (κ1) is 13.7. The number of nitrogens with zero attached hydrogens (tertiary/aromatic N) is 2.